The van der Waals surface area contributed by atoms with Gasteiger partial charge in [0.25, 0.3) is 0 Å². The number of nitrogen functional groups attached to an aromatic ring is 1. The highest BCUT2D eigenvalue weighted by atomic mass is 15.1. The van der Waals surface area contributed by atoms with E-state index in [-0.39, 0.29) is 12.0 Å². The Hall–Kier alpha value is -2.95. The van der Waals surface area contributed by atoms with E-state index in [4.69, 9.17) is 5.73 Å². The largest absolute Gasteiger partial charge is 0.368 e. The Labute approximate surface area is 128 Å². The molecule has 0 aliphatic rings. The summed E-state index contributed by atoms with van der Waals surface area (Å²) in [6.07, 6.45) is 3.55. The third-order valence-corrected chi connectivity index (χ3v) is 3.46. The van der Waals surface area contributed by atoms with Crippen LogP contribution in [0.2, 0.25) is 0 Å². The zero-order valence-electron chi connectivity index (χ0n) is 12.3. The van der Waals surface area contributed by atoms with Crippen molar-refractivity contribution in [1.82, 2.24) is 15.0 Å². The van der Waals surface area contributed by atoms with E-state index in [1.165, 1.54) is 0 Å². The fourth-order valence-electron chi connectivity index (χ4n) is 2.31. The van der Waals surface area contributed by atoms with E-state index >= 15 is 0 Å². The van der Waals surface area contributed by atoms with Gasteiger partial charge in [-0.15, -0.1) is 0 Å². The lowest BCUT2D eigenvalue weighted by molar-refractivity contribution is 0.833. The maximum atomic E-state index is 5.83. The number of nitrogens with one attached hydrogen (secondary N) is 1. The minimum absolute atomic E-state index is 0.0118. The summed E-state index contributed by atoms with van der Waals surface area (Å²) in [4.78, 5) is 13.0. The summed E-state index contributed by atoms with van der Waals surface area (Å²) in [6, 6.07) is 11.7. The topological polar surface area (TPSA) is 76.7 Å². The smallest absolute Gasteiger partial charge is 0.222 e. The lowest BCUT2D eigenvalue weighted by atomic mass is 10.1. The van der Waals surface area contributed by atoms with E-state index in [0.717, 1.165) is 22.2 Å². The van der Waals surface area contributed by atoms with Gasteiger partial charge in [0.2, 0.25) is 5.95 Å². The van der Waals surface area contributed by atoms with Gasteiger partial charge in [0.05, 0.1) is 17.3 Å². The first-order valence-electron chi connectivity index (χ1n) is 7.04. The maximum absolute atomic E-state index is 5.83. The van der Waals surface area contributed by atoms with E-state index < -0.39 is 0 Å². The average molecular weight is 291 g/mol. The van der Waals surface area contributed by atoms with Crippen LogP contribution in [0, 0.1) is 0 Å². The molecular formula is C17H17N5. The van der Waals surface area contributed by atoms with Gasteiger partial charge in [-0.3, -0.25) is 4.98 Å². The van der Waals surface area contributed by atoms with Crippen LogP contribution in [0.3, 0.4) is 0 Å². The Balaban J connectivity index is 2.01. The van der Waals surface area contributed by atoms with Gasteiger partial charge < -0.3 is 11.1 Å². The summed E-state index contributed by atoms with van der Waals surface area (Å²) in [7, 11) is 0. The predicted molar refractivity (Wildman–Crippen MR) is 90.3 cm³/mol. The molecule has 22 heavy (non-hydrogen) atoms. The number of nitrogens with zero attached hydrogens (tertiary/aromatic N) is 3. The van der Waals surface area contributed by atoms with Crippen LogP contribution >= 0.6 is 0 Å². The van der Waals surface area contributed by atoms with E-state index in [1.807, 2.05) is 43.3 Å². The van der Waals surface area contributed by atoms with Gasteiger partial charge in [-0.2, -0.15) is 4.98 Å². The van der Waals surface area contributed by atoms with Crippen LogP contribution in [-0.2, 0) is 0 Å². The molecule has 5 heteroatoms. The van der Waals surface area contributed by atoms with Crippen LogP contribution in [0.15, 0.2) is 49.2 Å². The zero-order chi connectivity index (χ0) is 15.5. The number of fused-ring (bicyclic) bond motifs is 1. The molecule has 2 aromatic heterocycles. The Kier molecular flexibility index (Phi) is 3.70. The molecule has 3 N–H and O–H groups in total. The molecule has 3 rings (SSSR count). The van der Waals surface area contributed by atoms with Crippen LogP contribution < -0.4 is 11.1 Å². The number of benzene rings is 1. The van der Waals surface area contributed by atoms with Crippen LogP contribution in [0.4, 0.5) is 11.8 Å². The van der Waals surface area contributed by atoms with Crippen LogP contribution in [0.5, 0.6) is 0 Å². The summed E-state index contributed by atoms with van der Waals surface area (Å²) in [5, 5.41) is 4.28. The Morgan fingerprint density at radius 2 is 2.09 bits per heavy atom. The van der Waals surface area contributed by atoms with Crippen molar-refractivity contribution in [2.75, 3.05) is 11.1 Å². The highest BCUT2D eigenvalue weighted by molar-refractivity contribution is 5.91. The zero-order valence-corrected chi connectivity index (χ0v) is 12.3. The first-order valence-corrected chi connectivity index (χ1v) is 7.04. The van der Waals surface area contributed by atoms with E-state index in [1.54, 1.807) is 12.3 Å². The molecule has 2 heterocycles. The van der Waals surface area contributed by atoms with E-state index in [9.17, 15) is 0 Å². The normalized spacial score (nSPS) is 12.0. The van der Waals surface area contributed by atoms with Crippen molar-refractivity contribution in [3.63, 3.8) is 0 Å². The Bertz CT molecular complexity index is 814. The molecule has 0 bridgehead atoms. The second-order valence-electron chi connectivity index (χ2n) is 5.03. The fraction of sp³-hybridized carbons (Fsp3) is 0.118. The summed E-state index contributed by atoms with van der Waals surface area (Å²) in [5.74, 6) is 0.945. The average Bonchev–Trinajstić information content (AvgIpc) is 2.54. The van der Waals surface area contributed by atoms with Gasteiger partial charge in [-0.1, -0.05) is 24.8 Å². The van der Waals surface area contributed by atoms with E-state index in [0.29, 0.717) is 5.82 Å². The van der Waals surface area contributed by atoms with Crippen LogP contribution in [0.25, 0.3) is 17.0 Å². The Morgan fingerprint density at radius 1 is 1.23 bits per heavy atom. The molecule has 0 spiro atoms. The Morgan fingerprint density at radius 3 is 2.82 bits per heavy atom. The van der Waals surface area contributed by atoms with Gasteiger partial charge >= 0.3 is 0 Å². The molecule has 3 aromatic rings. The molecule has 110 valence electrons. The number of hydrogen-bond donors (Lipinski definition) is 2. The molecule has 0 radical (unpaired) electrons. The molecule has 1 unspecified atom stereocenters. The van der Waals surface area contributed by atoms with Crippen molar-refractivity contribution in [3.05, 3.63) is 60.4 Å². The SMILES string of the molecule is C=Cc1ccc2c(NC(C)c3ccccn3)nc(N)nc2c1. The van der Waals surface area contributed by atoms with Gasteiger partial charge in [-0.05, 0) is 36.8 Å². The third-order valence-electron chi connectivity index (χ3n) is 3.46. The van der Waals surface area contributed by atoms with Crippen LogP contribution in [-0.4, -0.2) is 15.0 Å². The van der Waals surface area contributed by atoms with Crippen molar-refractivity contribution < 1.29 is 0 Å². The molecule has 0 saturated heterocycles. The van der Waals surface area contributed by atoms with Crippen LogP contribution in [0.1, 0.15) is 24.2 Å². The second-order valence-corrected chi connectivity index (χ2v) is 5.03. The third kappa shape index (κ3) is 2.74. The standard InChI is InChI=1S/C17H17N5/c1-3-12-7-8-13-15(10-12)21-17(18)22-16(13)20-11(2)14-6-4-5-9-19-14/h3-11H,1H2,2H3,(H3,18,20,21,22). The fourth-order valence-corrected chi connectivity index (χ4v) is 2.31. The van der Waals surface area contributed by atoms with Crippen molar-refractivity contribution >= 4 is 28.7 Å². The first kappa shape index (κ1) is 14.0. The molecule has 0 aliphatic carbocycles. The molecule has 0 saturated carbocycles. The van der Waals surface area contributed by atoms with Gasteiger partial charge in [0.15, 0.2) is 0 Å². The summed E-state index contributed by atoms with van der Waals surface area (Å²) in [5.41, 5.74) is 8.55. The summed E-state index contributed by atoms with van der Waals surface area (Å²) >= 11 is 0. The second kappa shape index (κ2) is 5.81. The monoisotopic (exact) mass is 291 g/mol. The maximum Gasteiger partial charge on any atom is 0.222 e. The molecule has 1 aromatic carbocycles. The molecule has 1 atom stereocenters. The first-order chi connectivity index (χ1) is 10.7. The molecule has 0 aliphatic heterocycles. The number of nitrogens with two attached hydrogens (primary N) is 1. The van der Waals surface area contributed by atoms with Crippen molar-refractivity contribution in [1.29, 1.82) is 0 Å². The number of aromatic nitrogens is 3. The lowest BCUT2D eigenvalue weighted by Gasteiger charge is -2.16. The van der Waals surface area contributed by atoms with Crippen molar-refractivity contribution in [3.8, 4) is 0 Å². The number of pyridine rings is 1. The molecule has 5 nitrogen and oxygen atoms in total. The molecule has 0 fully saturated rings. The quantitative estimate of drug-likeness (QED) is 0.770. The highest BCUT2D eigenvalue weighted by Crippen LogP contribution is 2.25. The predicted octanol–water partition coefficient (Wildman–Crippen LogP) is 3.42. The highest BCUT2D eigenvalue weighted by Gasteiger charge is 2.11. The van der Waals surface area contributed by atoms with Crippen molar-refractivity contribution in [2.24, 2.45) is 0 Å². The summed E-state index contributed by atoms with van der Waals surface area (Å²) < 4.78 is 0. The van der Waals surface area contributed by atoms with Gasteiger partial charge in [0, 0.05) is 11.6 Å². The van der Waals surface area contributed by atoms with Gasteiger partial charge in [-0.25, -0.2) is 4.98 Å². The number of rotatable bonds is 4. The number of hydrogen-bond acceptors (Lipinski definition) is 5. The van der Waals surface area contributed by atoms with Crippen molar-refractivity contribution in [2.45, 2.75) is 13.0 Å². The molecule has 0 amide bonds. The minimum Gasteiger partial charge on any atom is -0.368 e. The number of anilines is 2. The molecular weight excluding hydrogens is 274 g/mol. The summed E-state index contributed by atoms with van der Waals surface area (Å²) in [6.45, 7) is 5.80. The lowest BCUT2D eigenvalue weighted by Crippen LogP contribution is -2.11. The van der Waals surface area contributed by atoms with Gasteiger partial charge in [0.1, 0.15) is 5.82 Å². The minimum atomic E-state index is 0.0118. The van der Waals surface area contributed by atoms with E-state index in [2.05, 4.69) is 26.8 Å².